The Bertz CT molecular complexity index is 406. The fraction of sp³-hybridized carbons (Fsp3) is 0.957. The van der Waals surface area contributed by atoms with Crippen molar-refractivity contribution in [1.29, 1.82) is 0 Å². The van der Waals surface area contributed by atoms with Gasteiger partial charge in [-0.15, -0.1) is 0 Å². The van der Waals surface area contributed by atoms with Gasteiger partial charge in [0.2, 0.25) is 5.91 Å². The number of carbonyl (C=O) groups is 1. The topological polar surface area (TPSA) is 41.1 Å². The monoisotopic (exact) mass is 366 g/mol. The summed E-state index contributed by atoms with van der Waals surface area (Å²) >= 11 is 0. The van der Waals surface area contributed by atoms with Crippen molar-refractivity contribution in [2.24, 2.45) is 17.8 Å². The number of hydrogen-bond acceptors (Lipinski definition) is 2. The third-order valence-corrected chi connectivity index (χ3v) is 6.44. The van der Waals surface area contributed by atoms with Gasteiger partial charge in [-0.05, 0) is 57.3 Å². The van der Waals surface area contributed by atoms with E-state index in [2.05, 4.69) is 59.1 Å². The largest absolute Gasteiger partial charge is 0.356 e. The van der Waals surface area contributed by atoms with Gasteiger partial charge in [-0.2, -0.15) is 0 Å². The molecule has 0 aliphatic carbocycles. The fourth-order valence-corrected chi connectivity index (χ4v) is 5.03. The number of rotatable bonds is 11. The smallest absolute Gasteiger partial charge is 0.219 e. The Morgan fingerprint density at radius 3 is 2.23 bits per heavy atom. The lowest BCUT2D eigenvalue weighted by Gasteiger charge is -2.54. The van der Waals surface area contributed by atoms with Crippen LogP contribution < -0.4 is 10.6 Å². The first kappa shape index (κ1) is 23.5. The molecule has 3 nitrogen and oxygen atoms in total. The van der Waals surface area contributed by atoms with Gasteiger partial charge in [-0.3, -0.25) is 4.79 Å². The van der Waals surface area contributed by atoms with E-state index in [0.29, 0.717) is 24.2 Å². The van der Waals surface area contributed by atoms with Crippen LogP contribution in [0, 0.1) is 17.8 Å². The van der Waals surface area contributed by atoms with E-state index in [-0.39, 0.29) is 17.0 Å². The van der Waals surface area contributed by atoms with Crippen LogP contribution in [0.4, 0.5) is 0 Å². The highest BCUT2D eigenvalue weighted by Gasteiger charge is 2.46. The van der Waals surface area contributed by atoms with Crippen LogP contribution in [0.3, 0.4) is 0 Å². The number of nitrogens with one attached hydrogen (secondary N) is 2. The molecule has 0 radical (unpaired) electrons. The van der Waals surface area contributed by atoms with E-state index < -0.39 is 0 Å². The van der Waals surface area contributed by atoms with Crippen molar-refractivity contribution in [3.05, 3.63) is 0 Å². The molecule has 1 fully saturated rings. The summed E-state index contributed by atoms with van der Waals surface area (Å²) in [6.45, 7) is 17.2. The average Bonchev–Trinajstić information content (AvgIpc) is 2.52. The number of hydrogen-bond donors (Lipinski definition) is 2. The van der Waals surface area contributed by atoms with Gasteiger partial charge in [0.05, 0.1) is 0 Å². The lowest BCUT2D eigenvalue weighted by molar-refractivity contribution is -0.121. The lowest BCUT2D eigenvalue weighted by Crippen LogP contribution is -2.65. The van der Waals surface area contributed by atoms with E-state index in [1.807, 2.05) is 0 Å². The lowest BCUT2D eigenvalue weighted by atomic mass is 9.64. The highest BCUT2D eigenvalue weighted by atomic mass is 16.1. The molecule has 1 atom stereocenters. The van der Waals surface area contributed by atoms with Crippen LogP contribution in [-0.4, -0.2) is 23.5 Å². The molecule has 1 amide bonds. The van der Waals surface area contributed by atoms with Gasteiger partial charge in [0.1, 0.15) is 0 Å². The number of amides is 1. The van der Waals surface area contributed by atoms with Crippen LogP contribution in [0.5, 0.6) is 0 Å². The minimum absolute atomic E-state index is 0.167. The van der Waals surface area contributed by atoms with E-state index in [1.54, 1.807) is 0 Å². The zero-order valence-electron chi connectivity index (χ0n) is 18.7. The van der Waals surface area contributed by atoms with Gasteiger partial charge in [0.15, 0.2) is 0 Å². The van der Waals surface area contributed by atoms with Gasteiger partial charge >= 0.3 is 0 Å². The maximum absolute atomic E-state index is 12.1. The van der Waals surface area contributed by atoms with Crippen molar-refractivity contribution in [2.45, 2.75) is 117 Å². The molecule has 0 aromatic rings. The summed E-state index contributed by atoms with van der Waals surface area (Å²) in [5, 5.41) is 7.17. The first-order valence-electron chi connectivity index (χ1n) is 11.2. The molecular formula is C23H46N2O. The Labute approximate surface area is 163 Å². The zero-order chi connectivity index (χ0) is 19.8. The molecule has 1 rings (SSSR count). The molecule has 0 bridgehead atoms. The van der Waals surface area contributed by atoms with Crippen LogP contribution >= 0.6 is 0 Å². The highest BCUT2D eigenvalue weighted by Crippen LogP contribution is 2.42. The summed E-state index contributed by atoms with van der Waals surface area (Å²) in [4.78, 5) is 12.1. The number of carbonyl (C=O) groups excluding carboxylic acids is 1. The molecule has 1 saturated heterocycles. The Balaban J connectivity index is 2.45. The van der Waals surface area contributed by atoms with Gasteiger partial charge in [-0.25, -0.2) is 0 Å². The van der Waals surface area contributed by atoms with Gasteiger partial charge in [-0.1, -0.05) is 60.3 Å². The maximum atomic E-state index is 12.1. The fourth-order valence-electron chi connectivity index (χ4n) is 5.03. The van der Waals surface area contributed by atoms with E-state index in [0.717, 1.165) is 19.4 Å². The third-order valence-electron chi connectivity index (χ3n) is 6.44. The van der Waals surface area contributed by atoms with Crippen molar-refractivity contribution in [2.75, 3.05) is 6.54 Å². The molecule has 3 heteroatoms. The Morgan fingerprint density at radius 1 is 1.04 bits per heavy atom. The quantitative estimate of drug-likeness (QED) is 0.462. The van der Waals surface area contributed by atoms with Crippen LogP contribution in [-0.2, 0) is 4.79 Å². The highest BCUT2D eigenvalue weighted by molar-refractivity contribution is 5.75. The molecule has 1 unspecified atom stereocenters. The second-order valence-electron chi connectivity index (χ2n) is 9.94. The zero-order valence-corrected chi connectivity index (χ0v) is 18.7. The van der Waals surface area contributed by atoms with Crippen molar-refractivity contribution in [3.63, 3.8) is 0 Å². The molecule has 1 aliphatic heterocycles. The Hall–Kier alpha value is -0.570. The summed E-state index contributed by atoms with van der Waals surface area (Å²) in [5.74, 6) is 2.15. The minimum atomic E-state index is 0.167. The van der Waals surface area contributed by atoms with E-state index in [9.17, 15) is 4.79 Å². The summed E-state index contributed by atoms with van der Waals surface area (Å²) in [6, 6.07) is 0. The molecular weight excluding hydrogens is 320 g/mol. The molecule has 26 heavy (non-hydrogen) atoms. The van der Waals surface area contributed by atoms with E-state index >= 15 is 0 Å². The number of piperidine rings is 1. The average molecular weight is 367 g/mol. The molecule has 0 saturated carbocycles. The van der Waals surface area contributed by atoms with Gasteiger partial charge < -0.3 is 10.6 Å². The molecule has 154 valence electrons. The minimum Gasteiger partial charge on any atom is -0.356 e. The molecule has 0 spiro atoms. The summed E-state index contributed by atoms with van der Waals surface area (Å²) in [6.07, 6.45) is 10.3. The predicted molar refractivity (Wildman–Crippen MR) is 113 cm³/mol. The SMILES string of the molecule is CCCCCCCC(=O)NCCC1CC(C)(C)NC(C(C)C)(C(C)C)C1. The van der Waals surface area contributed by atoms with Crippen LogP contribution in [0.1, 0.15) is 106 Å². The standard InChI is InChI=1S/C23H46N2O/c1-8-9-10-11-12-13-21(26)24-15-14-20-16-22(6,7)25-23(17-20,18(2)3)19(4)5/h18-20,25H,8-17H2,1-7H3,(H,24,26). The normalized spacial score (nSPS) is 22.0. The first-order valence-corrected chi connectivity index (χ1v) is 11.2. The molecule has 2 N–H and O–H groups in total. The second-order valence-corrected chi connectivity index (χ2v) is 9.94. The molecule has 0 aromatic heterocycles. The molecule has 1 heterocycles. The third kappa shape index (κ3) is 7.21. The van der Waals surface area contributed by atoms with Gasteiger partial charge in [0, 0.05) is 24.0 Å². The summed E-state index contributed by atoms with van der Waals surface area (Å²) in [5.41, 5.74) is 0.371. The van der Waals surface area contributed by atoms with Gasteiger partial charge in [0.25, 0.3) is 0 Å². The van der Waals surface area contributed by atoms with Crippen molar-refractivity contribution < 1.29 is 4.79 Å². The Kier molecular flexibility index (Phi) is 9.64. The molecule has 1 aliphatic rings. The predicted octanol–water partition coefficient (Wildman–Crippen LogP) is 5.68. The van der Waals surface area contributed by atoms with E-state index in [1.165, 1.54) is 38.5 Å². The Morgan fingerprint density at radius 2 is 1.65 bits per heavy atom. The summed E-state index contributed by atoms with van der Waals surface area (Å²) < 4.78 is 0. The van der Waals surface area contributed by atoms with Crippen molar-refractivity contribution in [1.82, 2.24) is 10.6 Å². The molecule has 0 aromatic carbocycles. The first-order chi connectivity index (χ1) is 12.1. The van der Waals surface area contributed by atoms with E-state index in [4.69, 9.17) is 0 Å². The van der Waals surface area contributed by atoms with Crippen LogP contribution in [0.15, 0.2) is 0 Å². The maximum Gasteiger partial charge on any atom is 0.219 e. The van der Waals surface area contributed by atoms with Crippen molar-refractivity contribution >= 4 is 5.91 Å². The van der Waals surface area contributed by atoms with Crippen molar-refractivity contribution in [3.8, 4) is 0 Å². The van der Waals surface area contributed by atoms with Crippen LogP contribution in [0.25, 0.3) is 0 Å². The number of unbranched alkanes of at least 4 members (excludes halogenated alkanes) is 4. The van der Waals surface area contributed by atoms with Crippen LogP contribution in [0.2, 0.25) is 0 Å². The summed E-state index contributed by atoms with van der Waals surface area (Å²) in [7, 11) is 0. The second kappa shape index (κ2) is 10.7.